The highest BCUT2D eigenvalue weighted by atomic mass is 127. The van der Waals surface area contributed by atoms with Crippen LogP contribution in [0.25, 0.3) is 20.7 Å². The average Bonchev–Trinajstić information content (AvgIpc) is 3.20. The van der Waals surface area contributed by atoms with Crippen LogP contribution in [0.4, 0.5) is 11.4 Å². The summed E-state index contributed by atoms with van der Waals surface area (Å²) in [5.41, 5.74) is 5.22. The molecule has 0 unspecified atom stereocenters. The Labute approximate surface area is 193 Å². The monoisotopic (exact) mass is 531 g/mol. The lowest BCUT2D eigenvalue weighted by atomic mass is 10.1. The Balaban J connectivity index is 1.49. The number of aromatic nitrogens is 1. The van der Waals surface area contributed by atoms with E-state index in [4.69, 9.17) is 4.74 Å². The van der Waals surface area contributed by atoms with Crippen molar-refractivity contribution in [2.45, 2.75) is 6.54 Å². The zero-order valence-electron chi connectivity index (χ0n) is 16.3. The first kappa shape index (κ1) is 21.0. The Hall–Kier alpha value is -2.20. The van der Waals surface area contributed by atoms with Crippen LogP contribution in [0.5, 0.6) is 5.75 Å². The van der Waals surface area contributed by atoms with Gasteiger partial charge >= 0.3 is 0 Å². The maximum Gasteiger partial charge on any atom is 0.117 e. The second-order valence-electron chi connectivity index (χ2n) is 6.75. The van der Waals surface area contributed by atoms with Crippen LogP contribution in [0.15, 0.2) is 66.9 Å². The summed E-state index contributed by atoms with van der Waals surface area (Å²) in [5, 5.41) is 16.5. The predicted molar refractivity (Wildman–Crippen MR) is 133 cm³/mol. The SMILES string of the molecule is Oc1cccc(Nc2ccnc3cc(-c4ccc(CNCCOCI)cc4)sc23)c1. The fraction of sp³-hybridized carbons (Fsp3) is 0.174. The van der Waals surface area contributed by atoms with Gasteiger partial charge in [0.1, 0.15) is 5.75 Å². The minimum Gasteiger partial charge on any atom is -0.508 e. The standard InChI is InChI=1S/C23H22IN3O2S/c24-15-29-11-10-25-14-16-4-6-17(7-5-16)22-13-21-23(30-22)20(8-9-26-21)27-18-2-1-3-19(28)12-18/h1-9,12-13,25,28H,10-11,14-15H2,(H,26,27). The van der Waals surface area contributed by atoms with Crippen molar-refractivity contribution in [3.8, 4) is 16.2 Å². The van der Waals surface area contributed by atoms with Gasteiger partial charge in [0.05, 0.1) is 27.1 Å². The lowest BCUT2D eigenvalue weighted by molar-refractivity contribution is 0.191. The van der Waals surface area contributed by atoms with Gasteiger partial charge in [0.25, 0.3) is 0 Å². The average molecular weight is 531 g/mol. The smallest absolute Gasteiger partial charge is 0.117 e. The van der Waals surface area contributed by atoms with E-state index in [-0.39, 0.29) is 5.75 Å². The van der Waals surface area contributed by atoms with E-state index >= 15 is 0 Å². The van der Waals surface area contributed by atoms with Crippen LogP contribution in [0.1, 0.15) is 5.56 Å². The van der Waals surface area contributed by atoms with Crippen molar-refractivity contribution in [2.75, 3.05) is 23.1 Å². The summed E-state index contributed by atoms with van der Waals surface area (Å²) in [4.78, 5) is 5.71. The number of phenolic OH excluding ortho intramolecular Hbond substituents is 1. The van der Waals surface area contributed by atoms with Crippen molar-refractivity contribution >= 4 is 55.5 Å². The van der Waals surface area contributed by atoms with Crippen molar-refractivity contribution in [3.63, 3.8) is 0 Å². The number of thiophene rings is 1. The number of ether oxygens (including phenoxy) is 1. The molecule has 7 heteroatoms. The number of anilines is 2. The van der Waals surface area contributed by atoms with Crippen LogP contribution in [-0.2, 0) is 11.3 Å². The minimum absolute atomic E-state index is 0.240. The number of fused-ring (bicyclic) bond motifs is 1. The zero-order valence-corrected chi connectivity index (χ0v) is 19.2. The van der Waals surface area contributed by atoms with E-state index in [1.165, 1.54) is 16.0 Å². The van der Waals surface area contributed by atoms with Gasteiger partial charge in [-0.3, -0.25) is 4.98 Å². The number of hydrogen-bond donors (Lipinski definition) is 3. The van der Waals surface area contributed by atoms with E-state index in [0.717, 1.165) is 45.9 Å². The molecule has 0 amide bonds. The summed E-state index contributed by atoms with van der Waals surface area (Å²) in [5.74, 6) is 0.240. The molecule has 3 N–H and O–H groups in total. The van der Waals surface area contributed by atoms with Gasteiger partial charge in [-0.25, -0.2) is 0 Å². The molecule has 0 atom stereocenters. The summed E-state index contributed by atoms with van der Waals surface area (Å²) in [6.45, 7) is 2.41. The van der Waals surface area contributed by atoms with Gasteiger partial charge in [0, 0.05) is 35.9 Å². The number of hydrogen-bond acceptors (Lipinski definition) is 6. The number of rotatable bonds is 9. The molecule has 0 aliphatic heterocycles. The van der Waals surface area contributed by atoms with Gasteiger partial charge in [-0.1, -0.05) is 52.9 Å². The molecule has 30 heavy (non-hydrogen) atoms. The fourth-order valence-electron chi connectivity index (χ4n) is 3.14. The van der Waals surface area contributed by atoms with E-state index in [0.29, 0.717) is 0 Å². The van der Waals surface area contributed by atoms with E-state index < -0.39 is 0 Å². The van der Waals surface area contributed by atoms with Crippen LogP contribution in [-0.4, -0.2) is 27.9 Å². The molecule has 4 aromatic rings. The molecule has 0 radical (unpaired) electrons. The number of alkyl halides is 1. The second-order valence-corrected chi connectivity index (χ2v) is 8.42. The van der Waals surface area contributed by atoms with Gasteiger partial charge in [-0.15, -0.1) is 11.3 Å². The summed E-state index contributed by atoms with van der Waals surface area (Å²) >= 11 is 3.92. The van der Waals surface area contributed by atoms with E-state index in [1.54, 1.807) is 29.7 Å². The first-order valence-corrected chi connectivity index (χ1v) is 12.0. The number of aromatic hydroxyl groups is 1. The largest absolute Gasteiger partial charge is 0.508 e. The van der Waals surface area contributed by atoms with Crippen LogP contribution < -0.4 is 10.6 Å². The molecule has 0 aliphatic carbocycles. The molecule has 4 rings (SSSR count). The summed E-state index contributed by atoms with van der Waals surface area (Å²) < 4.78 is 7.15. The number of phenols is 1. The molecule has 5 nitrogen and oxygen atoms in total. The Morgan fingerprint density at radius 2 is 1.93 bits per heavy atom. The Bertz CT molecular complexity index is 1120. The van der Waals surface area contributed by atoms with Crippen LogP contribution in [0.2, 0.25) is 0 Å². The van der Waals surface area contributed by atoms with E-state index in [1.807, 2.05) is 18.2 Å². The topological polar surface area (TPSA) is 66.4 Å². The van der Waals surface area contributed by atoms with Gasteiger partial charge < -0.3 is 20.5 Å². The van der Waals surface area contributed by atoms with Crippen molar-refractivity contribution in [3.05, 3.63) is 72.4 Å². The molecule has 0 saturated carbocycles. The molecule has 0 aliphatic rings. The number of benzene rings is 2. The molecule has 0 saturated heterocycles. The Morgan fingerprint density at radius 3 is 2.73 bits per heavy atom. The van der Waals surface area contributed by atoms with Gasteiger partial charge in [0.2, 0.25) is 0 Å². The van der Waals surface area contributed by atoms with Crippen molar-refractivity contribution in [1.29, 1.82) is 0 Å². The molecule has 2 heterocycles. The Kier molecular flexibility index (Phi) is 7.16. The molecular weight excluding hydrogens is 509 g/mol. The van der Waals surface area contributed by atoms with Crippen molar-refractivity contribution < 1.29 is 9.84 Å². The van der Waals surface area contributed by atoms with Crippen LogP contribution >= 0.6 is 33.9 Å². The lowest BCUT2D eigenvalue weighted by Crippen LogP contribution is -2.18. The molecular formula is C23H22IN3O2S. The highest BCUT2D eigenvalue weighted by Gasteiger charge is 2.10. The highest BCUT2D eigenvalue weighted by molar-refractivity contribution is 14.1. The minimum atomic E-state index is 0.240. The number of pyridine rings is 1. The molecule has 154 valence electrons. The van der Waals surface area contributed by atoms with E-state index in [9.17, 15) is 5.11 Å². The molecule has 0 bridgehead atoms. The summed E-state index contributed by atoms with van der Waals surface area (Å²) in [7, 11) is 0. The van der Waals surface area contributed by atoms with Crippen molar-refractivity contribution in [2.24, 2.45) is 0 Å². The highest BCUT2D eigenvalue weighted by Crippen LogP contribution is 2.37. The first-order valence-electron chi connectivity index (χ1n) is 9.61. The molecule has 2 aromatic heterocycles. The molecule has 0 fully saturated rings. The number of nitrogens with zero attached hydrogens (tertiary/aromatic N) is 1. The normalized spacial score (nSPS) is 11.1. The van der Waals surface area contributed by atoms with Crippen LogP contribution in [0.3, 0.4) is 0 Å². The molecule has 0 spiro atoms. The number of nitrogens with one attached hydrogen (secondary N) is 2. The van der Waals surface area contributed by atoms with Gasteiger partial charge in [-0.05, 0) is 35.4 Å². The number of halogens is 1. The fourth-order valence-corrected chi connectivity index (χ4v) is 4.54. The third kappa shape index (κ3) is 5.28. The lowest BCUT2D eigenvalue weighted by Gasteiger charge is -2.07. The second kappa shape index (κ2) is 10.2. The maximum atomic E-state index is 9.71. The molecule has 2 aromatic carbocycles. The first-order chi connectivity index (χ1) is 14.7. The van der Waals surface area contributed by atoms with Gasteiger partial charge in [-0.2, -0.15) is 0 Å². The van der Waals surface area contributed by atoms with Gasteiger partial charge in [0.15, 0.2) is 0 Å². The van der Waals surface area contributed by atoms with Crippen LogP contribution in [0, 0.1) is 0 Å². The van der Waals surface area contributed by atoms with E-state index in [2.05, 4.69) is 68.5 Å². The summed E-state index contributed by atoms with van der Waals surface area (Å²) in [6, 6.07) is 19.8. The summed E-state index contributed by atoms with van der Waals surface area (Å²) in [6.07, 6.45) is 1.81. The Morgan fingerprint density at radius 1 is 1.07 bits per heavy atom. The predicted octanol–water partition coefficient (Wildman–Crippen LogP) is 5.91. The maximum absolute atomic E-state index is 9.71. The quantitative estimate of drug-likeness (QED) is 0.142. The third-order valence-electron chi connectivity index (χ3n) is 4.60. The van der Waals surface area contributed by atoms with Crippen molar-refractivity contribution in [1.82, 2.24) is 10.3 Å². The third-order valence-corrected chi connectivity index (χ3v) is 6.25. The zero-order chi connectivity index (χ0) is 20.8.